The van der Waals surface area contributed by atoms with Crippen molar-refractivity contribution < 1.29 is 4.74 Å². The summed E-state index contributed by atoms with van der Waals surface area (Å²) in [6.45, 7) is 4.92. The first-order chi connectivity index (χ1) is 7.94. The molecule has 0 aliphatic carbocycles. The van der Waals surface area contributed by atoms with Crippen molar-refractivity contribution >= 4 is 23.2 Å². The summed E-state index contributed by atoms with van der Waals surface area (Å²) >= 11 is 11.8. The lowest BCUT2D eigenvalue weighted by molar-refractivity contribution is -0.00688. The quantitative estimate of drug-likeness (QED) is 0.628. The Kier molecular flexibility index (Phi) is 5.74. The van der Waals surface area contributed by atoms with Crippen molar-refractivity contribution in [3.63, 3.8) is 0 Å². The number of ether oxygens (including phenoxy) is 1. The van der Waals surface area contributed by atoms with Gasteiger partial charge in [0.25, 0.3) is 0 Å². The van der Waals surface area contributed by atoms with E-state index in [4.69, 9.17) is 27.9 Å². The number of benzene rings is 1. The number of aryl methyl sites for hydroxylation is 1. The summed E-state index contributed by atoms with van der Waals surface area (Å²) in [6, 6.07) is 5.77. The molecule has 0 fully saturated rings. The molecule has 0 aliphatic heterocycles. The van der Waals surface area contributed by atoms with Gasteiger partial charge in [-0.15, -0.1) is 0 Å². The molecule has 0 heterocycles. The number of nitrogens with one attached hydrogen (secondary N) is 1. The molecule has 0 unspecified atom stereocenters. The van der Waals surface area contributed by atoms with E-state index in [9.17, 15) is 0 Å². The maximum absolute atomic E-state index is 5.95. The molecule has 0 spiro atoms. The lowest BCUT2D eigenvalue weighted by atomic mass is 10.1. The molecule has 0 radical (unpaired) electrons. The SMILES string of the molecule is COC(C)(C)NCCCc1ccc(Cl)c(Cl)c1. The Morgan fingerprint density at radius 1 is 1.24 bits per heavy atom. The predicted octanol–water partition coefficient (Wildman–Crippen LogP) is 3.90. The first-order valence-electron chi connectivity index (χ1n) is 5.69. The van der Waals surface area contributed by atoms with E-state index in [2.05, 4.69) is 5.32 Å². The molecule has 0 aromatic heterocycles. The van der Waals surface area contributed by atoms with Crippen LogP contribution in [0.2, 0.25) is 10.0 Å². The van der Waals surface area contributed by atoms with Crippen molar-refractivity contribution in [2.24, 2.45) is 0 Å². The van der Waals surface area contributed by atoms with Gasteiger partial charge < -0.3 is 4.74 Å². The molecule has 0 saturated carbocycles. The Morgan fingerprint density at radius 2 is 1.94 bits per heavy atom. The van der Waals surface area contributed by atoms with Crippen molar-refractivity contribution in [1.82, 2.24) is 5.32 Å². The molecule has 2 nitrogen and oxygen atoms in total. The highest BCUT2D eigenvalue weighted by Gasteiger charge is 2.13. The third-order valence-electron chi connectivity index (χ3n) is 2.69. The molecule has 4 heteroatoms. The number of rotatable bonds is 6. The summed E-state index contributed by atoms with van der Waals surface area (Å²) in [4.78, 5) is 0. The summed E-state index contributed by atoms with van der Waals surface area (Å²) in [5, 5.41) is 4.55. The molecule has 0 aliphatic rings. The smallest absolute Gasteiger partial charge is 0.113 e. The van der Waals surface area contributed by atoms with E-state index in [1.807, 2.05) is 32.0 Å². The molecular weight excluding hydrogens is 257 g/mol. The molecule has 0 bridgehead atoms. The minimum atomic E-state index is -0.266. The summed E-state index contributed by atoms with van der Waals surface area (Å²) in [5.74, 6) is 0. The fraction of sp³-hybridized carbons (Fsp3) is 0.538. The number of hydrogen-bond donors (Lipinski definition) is 1. The van der Waals surface area contributed by atoms with E-state index in [1.165, 1.54) is 5.56 Å². The lowest BCUT2D eigenvalue weighted by Gasteiger charge is -2.24. The highest BCUT2D eigenvalue weighted by Crippen LogP contribution is 2.23. The first-order valence-corrected chi connectivity index (χ1v) is 6.44. The number of halogens is 2. The van der Waals surface area contributed by atoms with Crippen molar-refractivity contribution in [2.75, 3.05) is 13.7 Å². The normalized spacial score (nSPS) is 11.8. The van der Waals surface area contributed by atoms with Gasteiger partial charge in [0.05, 0.1) is 10.0 Å². The lowest BCUT2D eigenvalue weighted by Crippen LogP contribution is -2.41. The fourth-order valence-electron chi connectivity index (χ4n) is 1.45. The highest BCUT2D eigenvalue weighted by atomic mass is 35.5. The first kappa shape index (κ1) is 14.8. The largest absolute Gasteiger partial charge is 0.364 e. The van der Waals surface area contributed by atoms with Crippen molar-refractivity contribution in [1.29, 1.82) is 0 Å². The van der Waals surface area contributed by atoms with Crippen LogP contribution in [0.25, 0.3) is 0 Å². The van der Waals surface area contributed by atoms with Crippen LogP contribution < -0.4 is 5.32 Å². The molecule has 0 amide bonds. The second-order valence-corrected chi connectivity index (χ2v) is 5.31. The van der Waals surface area contributed by atoms with Crippen LogP contribution in [0.15, 0.2) is 18.2 Å². The van der Waals surface area contributed by atoms with Crippen LogP contribution in [0.3, 0.4) is 0 Å². The maximum Gasteiger partial charge on any atom is 0.113 e. The summed E-state index contributed by atoms with van der Waals surface area (Å²) in [5.41, 5.74) is 0.939. The van der Waals surface area contributed by atoms with Gasteiger partial charge in [-0.2, -0.15) is 0 Å². The van der Waals surface area contributed by atoms with Crippen LogP contribution in [0.1, 0.15) is 25.8 Å². The van der Waals surface area contributed by atoms with Gasteiger partial charge in [0.15, 0.2) is 0 Å². The van der Waals surface area contributed by atoms with Crippen molar-refractivity contribution in [3.05, 3.63) is 33.8 Å². The Morgan fingerprint density at radius 3 is 2.53 bits per heavy atom. The van der Waals surface area contributed by atoms with Gasteiger partial charge in [-0.1, -0.05) is 29.3 Å². The monoisotopic (exact) mass is 275 g/mol. The maximum atomic E-state index is 5.95. The van der Waals surface area contributed by atoms with Crippen LogP contribution in [0, 0.1) is 0 Å². The minimum absolute atomic E-state index is 0.266. The molecule has 0 saturated heterocycles. The predicted molar refractivity (Wildman–Crippen MR) is 73.9 cm³/mol. The third-order valence-corrected chi connectivity index (χ3v) is 3.43. The molecule has 1 rings (SSSR count). The molecule has 1 aromatic carbocycles. The zero-order valence-electron chi connectivity index (χ0n) is 10.5. The summed E-state index contributed by atoms with van der Waals surface area (Å²) in [7, 11) is 1.70. The van der Waals surface area contributed by atoms with E-state index in [0.717, 1.165) is 19.4 Å². The van der Waals surface area contributed by atoms with E-state index in [0.29, 0.717) is 10.0 Å². The number of hydrogen-bond acceptors (Lipinski definition) is 2. The Hall–Kier alpha value is -0.280. The van der Waals surface area contributed by atoms with Gasteiger partial charge >= 0.3 is 0 Å². The summed E-state index contributed by atoms with van der Waals surface area (Å²) < 4.78 is 5.28. The van der Waals surface area contributed by atoms with E-state index < -0.39 is 0 Å². The molecular formula is C13H19Cl2NO. The molecule has 0 atom stereocenters. The van der Waals surface area contributed by atoms with E-state index >= 15 is 0 Å². The van der Waals surface area contributed by atoms with Crippen LogP contribution in [-0.2, 0) is 11.2 Å². The van der Waals surface area contributed by atoms with Crippen molar-refractivity contribution in [3.8, 4) is 0 Å². The Labute approximate surface area is 113 Å². The van der Waals surface area contributed by atoms with Crippen molar-refractivity contribution in [2.45, 2.75) is 32.4 Å². The molecule has 1 aromatic rings. The van der Waals surface area contributed by atoms with Gasteiger partial charge in [0.1, 0.15) is 5.72 Å². The zero-order valence-corrected chi connectivity index (χ0v) is 12.0. The Bertz CT molecular complexity index is 366. The fourth-order valence-corrected chi connectivity index (χ4v) is 1.77. The second-order valence-electron chi connectivity index (χ2n) is 4.49. The van der Waals surface area contributed by atoms with Gasteiger partial charge in [-0.3, -0.25) is 5.32 Å². The molecule has 17 heavy (non-hydrogen) atoms. The van der Waals surface area contributed by atoms with E-state index in [1.54, 1.807) is 7.11 Å². The number of methoxy groups -OCH3 is 1. The average Bonchev–Trinajstić information content (AvgIpc) is 2.29. The molecule has 1 N–H and O–H groups in total. The van der Waals surface area contributed by atoms with Gasteiger partial charge in [0, 0.05) is 7.11 Å². The van der Waals surface area contributed by atoms with Crippen LogP contribution >= 0.6 is 23.2 Å². The van der Waals surface area contributed by atoms with Gasteiger partial charge in [-0.25, -0.2) is 0 Å². The van der Waals surface area contributed by atoms with Crippen LogP contribution in [-0.4, -0.2) is 19.4 Å². The average molecular weight is 276 g/mol. The Balaban J connectivity index is 2.34. The van der Waals surface area contributed by atoms with Gasteiger partial charge in [-0.05, 0) is 50.9 Å². The molecule has 96 valence electrons. The topological polar surface area (TPSA) is 21.3 Å². The summed E-state index contributed by atoms with van der Waals surface area (Å²) in [6.07, 6.45) is 2.01. The van der Waals surface area contributed by atoms with Gasteiger partial charge in [0.2, 0.25) is 0 Å². The minimum Gasteiger partial charge on any atom is -0.364 e. The highest BCUT2D eigenvalue weighted by molar-refractivity contribution is 6.42. The van der Waals surface area contributed by atoms with E-state index in [-0.39, 0.29) is 5.72 Å². The van der Waals surface area contributed by atoms with Crippen LogP contribution in [0.4, 0.5) is 0 Å². The third kappa shape index (κ3) is 5.26. The second kappa shape index (κ2) is 6.60. The standard InChI is InChI=1S/C13H19Cl2NO/c1-13(2,17-3)16-8-4-5-10-6-7-11(14)12(15)9-10/h6-7,9,16H,4-5,8H2,1-3H3. The zero-order chi connectivity index (χ0) is 12.9. The van der Waals surface area contributed by atoms with Crippen LogP contribution in [0.5, 0.6) is 0 Å².